The predicted octanol–water partition coefficient (Wildman–Crippen LogP) is 6.25. The summed E-state index contributed by atoms with van der Waals surface area (Å²) < 4.78 is 0. The smallest absolute Gasteiger partial charge is 0.217 e. The zero-order chi connectivity index (χ0) is 22.1. The largest absolute Gasteiger partial charge is 0.349 e. The van der Waals surface area contributed by atoms with Crippen molar-refractivity contribution in [3.63, 3.8) is 0 Å². The molecule has 0 saturated heterocycles. The molecule has 3 nitrogen and oxygen atoms in total. The number of para-hydroxylation sites is 1. The van der Waals surface area contributed by atoms with Gasteiger partial charge in [0.05, 0.1) is 11.6 Å². The van der Waals surface area contributed by atoms with Crippen LogP contribution in [0.3, 0.4) is 0 Å². The highest BCUT2D eigenvalue weighted by Crippen LogP contribution is 2.33. The van der Waals surface area contributed by atoms with Crippen LogP contribution in [0.1, 0.15) is 76.9 Å². The van der Waals surface area contributed by atoms with Gasteiger partial charge < -0.3 is 5.32 Å². The molecule has 1 heterocycles. The number of pyridine rings is 1. The lowest BCUT2D eigenvalue weighted by Crippen LogP contribution is -2.29. The molecule has 158 valence electrons. The molecular formula is C27H34N2O. The van der Waals surface area contributed by atoms with E-state index in [4.69, 9.17) is 4.98 Å². The first-order valence-corrected chi connectivity index (χ1v) is 10.7. The highest BCUT2D eigenvalue weighted by molar-refractivity contribution is 5.78. The van der Waals surface area contributed by atoms with Crippen LogP contribution in [0, 0.1) is 0 Å². The van der Waals surface area contributed by atoms with Crippen LogP contribution in [0.25, 0.3) is 10.9 Å². The average Bonchev–Trinajstić information content (AvgIpc) is 2.65. The first-order valence-electron chi connectivity index (χ1n) is 10.7. The zero-order valence-electron chi connectivity index (χ0n) is 19.3. The number of carbonyl (C=O) groups is 1. The fourth-order valence-corrected chi connectivity index (χ4v) is 3.65. The maximum atomic E-state index is 12.1. The Morgan fingerprint density at radius 3 is 2.07 bits per heavy atom. The quantitative estimate of drug-likeness (QED) is 0.560. The van der Waals surface area contributed by atoms with Crippen LogP contribution in [-0.2, 0) is 22.0 Å². The molecule has 0 aliphatic carbocycles. The van der Waals surface area contributed by atoms with Gasteiger partial charge in [-0.3, -0.25) is 9.78 Å². The van der Waals surface area contributed by atoms with Gasteiger partial charge in [0.1, 0.15) is 0 Å². The molecule has 30 heavy (non-hydrogen) atoms. The van der Waals surface area contributed by atoms with Crippen LogP contribution in [0.4, 0.5) is 0 Å². The molecule has 0 aliphatic heterocycles. The molecule has 3 heteroatoms. The first-order chi connectivity index (χ1) is 13.9. The van der Waals surface area contributed by atoms with Gasteiger partial charge in [-0.05, 0) is 39.7 Å². The van der Waals surface area contributed by atoms with Crippen LogP contribution >= 0.6 is 0 Å². The van der Waals surface area contributed by atoms with Crippen molar-refractivity contribution in [3.05, 3.63) is 77.0 Å². The van der Waals surface area contributed by atoms with Crippen molar-refractivity contribution in [3.8, 4) is 0 Å². The molecule has 0 saturated carbocycles. The summed E-state index contributed by atoms with van der Waals surface area (Å²) >= 11 is 0. The Kier molecular flexibility index (Phi) is 6.03. The topological polar surface area (TPSA) is 42.0 Å². The number of carbonyl (C=O) groups excluding carboxylic acids is 1. The molecule has 3 aromatic rings. The van der Waals surface area contributed by atoms with Crippen LogP contribution < -0.4 is 5.32 Å². The van der Waals surface area contributed by atoms with Gasteiger partial charge in [-0.2, -0.15) is 0 Å². The molecule has 0 radical (unpaired) electrons. The highest BCUT2D eigenvalue weighted by Gasteiger charge is 2.24. The zero-order valence-corrected chi connectivity index (χ0v) is 19.3. The summed E-state index contributed by atoms with van der Waals surface area (Å²) in [4.78, 5) is 16.9. The van der Waals surface area contributed by atoms with E-state index in [9.17, 15) is 4.79 Å². The van der Waals surface area contributed by atoms with Gasteiger partial charge in [0.2, 0.25) is 5.91 Å². The molecule has 1 atom stereocenters. The monoisotopic (exact) mass is 402 g/mol. The number of benzene rings is 2. The second kappa shape index (κ2) is 8.22. The van der Waals surface area contributed by atoms with Gasteiger partial charge in [0.25, 0.3) is 0 Å². The van der Waals surface area contributed by atoms with E-state index in [0.717, 1.165) is 22.2 Å². The van der Waals surface area contributed by atoms with Crippen LogP contribution in [0.5, 0.6) is 0 Å². The number of rotatable bonds is 4. The van der Waals surface area contributed by atoms with E-state index in [0.29, 0.717) is 6.42 Å². The molecule has 1 aromatic heterocycles. The maximum absolute atomic E-state index is 12.1. The average molecular weight is 403 g/mol. The van der Waals surface area contributed by atoms with E-state index in [1.807, 2.05) is 18.2 Å². The van der Waals surface area contributed by atoms with Gasteiger partial charge in [0, 0.05) is 24.4 Å². The SMILES string of the molecule is CC(=O)N[C@H](Cc1ccc2ccccc2n1)c1cc(C(C)(C)C)cc(C(C)(C)C)c1. The fourth-order valence-electron chi connectivity index (χ4n) is 3.65. The molecule has 1 amide bonds. The van der Waals surface area contributed by atoms with Crippen molar-refractivity contribution in [2.75, 3.05) is 0 Å². The molecule has 0 spiro atoms. The summed E-state index contributed by atoms with van der Waals surface area (Å²) in [6.07, 6.45) is 0.654. The normalized spacial score (nSPS) is 13.3. The molecule has 3 rings (SSSR count). The van der Waals surface area contributed by atoms with Crippen molar-refractivity contribution in [1.82, 2.24) is 10.3 Å². The van der Waals surface area contributed by atoms with Gasteiger partial charge in [0.15, 0.2) is 0 Å². The number of nitrogens with zero attached hydrogens (tertiary/aromatic N) is 1. The van der Waals surface area contributed by atoms with E-state index in [1.165, 1.54) is 11.1 Å². The van der Waals surface area contributed by atoms with E-state index >= 15 is 0 Å². The van der Waals surface area contributed by atoms with Crippen LogP contribution in [0.15, 0.2) is 54.6 Å². The molecule has 0 fully saturated rings. The third-order valence-corrected chi connectivity index (χ3v) is 5.54. The Hall–Kier alpha value is -2.68. The minimum Gasteiger partial charge on any atom is -0.349 e. The highest BCUT2D eigenvalue weighted by atomic mass is 16.1. The Morgan fingerprint density at radius 2 is 1.50 bits per heavy atom. The maximum Gasteiger partial charge on any atom is 0.217 e. The summed E-state index contributed by atoms with van der Waals surface area (Å²) in [5.41, 5.74) is 5.72. The Bertz CT molecular complexity index is 1020. The second-order valence-corrected chi connectivity index (χ2v) is 10.3. The third kappa shape index (κ3) is 5.27. The van der Waals surface area contributed by atoms with E-state index in [-0.39, 0.29) is 22.8 Å². The van der Waals surface area contributed by atoms with Crippen molar-refractivity contribution >= 4 is 16.8 Å². The Balaban J connectivity index is 2.06. The minimum absolute atomic E-state index is 0.0258. The standard InChI is InChI=1S/C27H34N2O/c1-18(30)28-25(17-23-13-12-19-10-8-9-11-24(19)29-23)20-14-21(26(2,3)4)16-22(15-20)27(5,6)7/h8-16,25H,17H2,1-7H3,(H,28,30)/t25-/m1/s1. The van der Waals surface area contributed by atoms with Crippen molar-refractivity contribution in [1.29, 1.82) is 0 Å². The predicted molar refractivity (Wildman–Crippen MR) is 126 cm³/mol. The summed E-state index contributed by atoms with van der Waals surface area (Å²) in [5, 5.41) is 4.30. The lowest BCUT2D eigenvalue weighted by molar-refractivity contribution is -0.119. The lowest BCUT2D eigenvalue weighted by atomic mass is 9.78. The fraction of sp³-hybridized carbons (Fsp3) is 0.407. The van der Waals surface area contributed by atoms with Gasteiger partial charge in [-0.1, -0.05) is 84.0 Å². The number of hydrogen-bond acceptors (Lipinski definition) is 2. The summed E-state index contributed by atoms with van der Waals surface area (Å²) in [6.45, 7) is 15.0. The molecule has 0 bridgehead atoms. The molecule has 0 aliphatic rings. The number of hydrogen-bond donors (Lipinski definition) is 1. The molecule has 1 N–H and O–H groups in total. The minimum atomic E-state index is -0.125. The van der Waals surface area contributed by atoms with E-state index in [2.05, 4.69) is 83.3 Å². The number of amides is 1. The van der Waals surface area contributed by atoms with Crippen LogP contribution in [-0.4, -0.2) is 10.9 Å². The molecule has 2 aromatic carbocycles. The third-order valence-electron chi connectivity index (χ3n) is 5.54. The molecule has 0 unspecified atom stereocenters. The molecular weight excluding hydrogens is 368 g/mol. The Morgan fingerprint density at radius 1 is 0.900 bits per heavy atom. The summed E-state index contributed by atoms with van der Waals surface area (Å²) in [6, 6.07) is 19.0. The number of fused-ring (bicyclic) bond motifs is 1. The van der Waals surface area contributed by atoms with E-state index in [1.54, 1.807) is 6.92 Å². The van der Waals surface area contributed by atoms with Gasteiger partial charge >= 0.3 is 0 Å². The number of nitrogens with one attached hydrogen (secondary N) is 1. The second-order valence-electron chi connectivity index (χ2n) is 10.3. The summed E-state index contributed by atoms with van der Waals surface area (Å²) in [7, 11) is 0. The first kappa shape index (κ1) is 22.0. The summed E-state index contributed by atoms with van der Waals surface area (Å²) in [5.74, 6) is -0.0285. The Labute approximate surface area is 180 Å². The van der Waals surface area contributed by atoms with Crippen molar-refractivity contribution in [2.45, 2.75) is 71.8 Å². The van der Waals surface area contributed by atoms with Crippen LogP contribution in [0.2, 0.25) is 0 Å². The van der Waals surface area contributed by atoms with E-state index < -0.39 is 0 Å². The van der Waals surface area contributed by atoms with Crippen molar-refractivity contribution < 1.29 is 4.79 Å². The van der Waals surface area contributed by atoms with Gasteiger partial charge in [-0.15, -0.1) is 0 Å². The van der Waals surface area contributed by atoms with Gasteiger partial charge in [-0.25, -0.2) is 0 Å². The number of aromatic nitrogens is 1. The van der Waals surface area contributed by atoms with Crippen molar-refractivity contribution in [2.24, 2.45) is 0 Å². The lowest BCUT2D eigenvalue weighted by Gasteiger charge is -2.28.